The number of aliphatic hydroxyl groups excluding tert-OH is 16. The Hall–Kier alpha value is -1.12. The Morgan fingerprint density at radius 3 is 1.62 bits per heavy atom. The van der Waals surface area contributed by atoms with Crippen molar-refractivity contribution in [3.8, 4) is 0 Å². The molecule has 28 heteroatoms. The van der Waals surface area contributed by atoms with Crippen LogP contribution < -0.4 is 0 Å². The molecule has 16 N–H and O–H groups in total. The van der Waals surface area contributed by atoms with Gasteiger partial charge in [-0.25, -0.2) is 0 Å². The highest BCUT2D eigenvalue weighted by Gasteiger charge is 2.69. The quantitative estimate of drug-likeness (QED) is 0.0543. The summed E-state index contributed by atoms with van der Waals surface area (Å²) >= 11 is 0. The second-order valence-electron chi connectivity index (χ2n) is 27.3. The van der Waals surface area contributed by atoms with E-state index >= 15 is 0 Å². The lowest BCUT2D eigenvalue weighted by molar-refractivity contribution is -0.386. The van der Waals surface area contributed by atoms with Crippen LogP contribution in [0.1, 0.15) is 98.8 Å². The zero-order valence-corrected chi connectivity index (χ0v) is 49.8. The minimum atomic E-state index is -2.05. The highest BCUT2D eigenvalue weighted by Crippen LogP contribution is 2.71. The fraction of sp³-hybridized carbons (Fsp3) is 1.00. The number of methoxy groups -OCH3 is 1. The molecule has 4 saturated carbocycles. The van der Waals surface area contributed by atoms with Gasteiger partial charge in [0.2, 0.25) is 0 Å². The second kappa shape index (κ2) is 27.1. The molecule has 86 heavy (non-hydrogen) atoms. The van der Waals surface area contributed by atoms with Crippen LogP contribution in [-0.4, -0.2) is 293 Å². The van der Waals surface area contributed by atoms with Crippen LogP contribution in [0.15, 0.2) is 0 Å². The molecule has 4 aliphatic carbocycles. The van der Waals surface area contributed by atoms with E-state index in [1.54, 1.807) is 7.11 Å². The SMILES string of the molecule is COC1(CCC(C)COC2OC(CO)C(O)C(O)C2O)OC2CC3C4CCC5CC(OC6OC(CO)C(OC7OC(COC8OC(C)C(O)C(O)C8O)C(OC8OC(CO)C(O)C(O)C8O)C(O)C7O)C(O)C6O)CCC5(C)C4CCC3(C)C2C1C. The highest BCUT2D eigenvalue weighted by molar-refractivity contribution is 5.15. The third kappa shape index (κ3) is 12.4. The van der Waals surface area contributed by atoms with Crippen LogP contribution in [0.25, 0.3) is 0 Å². The predicted molar refractivity (Wildman–Crippen MR) is 288 cm³/mol. The normalized spacial score (nSPS) is 55.3. The topological polar surface area (TPSA) is 434 Å². The summed E-state index contributed by atoms with van der Waals surface area (Å²) in [6.07, 6.45) is -32.2. The van der Waals surface area contributed by atoms with Gasteiger partial charge in [-0.2, -0.15) is 0 Å². The zero-order valence-electron chi connectivity index (χ0n) is 49.8. The molecule has 6 saturated heterocycles. The molecule has 6 aliphatic heterocycles. The molecule has 0 radical (unpaired) electrons. The first-order valence-electron chi connectivity index (χ1n) is 31.1. The summed E-state index contributed by atoms with van der Waals surface area (Å²) < 4.78 is 72.3. The molecule has 0 aromatic carbocycles. The molecular formula is C58H98O28. The van der Waals surface area contributed by atoms with Crippen LogP contribution in [0.3, 0.4) is 0 Å². The summed E-state index contributed by atoms with van der Waals surface area (Å²) in [5.41, 5.74) is 0.0397. The molecule has 37 unspecified atom stereocenters. The molecule has 37 atom stereocenters. The Bertz CT molecular complexity index is 2190. The van der Waals surface area contributed by atoms with Crippen LogP contribution in [0, 0.1) is 52.3 Å². The molecule has 10 aliphatic rings. The van der Waals surface area contributed by atoms with Crippen molar-refractivity contribution in [2.24, 2.45) is 52.3 Å². The van der Waals surface area contributed by atoms with E-state index in [4.69, 9.17) is 56.8 Å². The van der Waals surface area contributed by atoms with Gasteiger partial charge in [-0.15, -0.1) is 0 Å². The smallest absolute Gasteiger partial charge is 0.187 e. The molecule has 0 aromatic heterocycles. The van der Waals surface area contributed by atoms with Gasteiger partial charge in [-0.1, -0.05) is 27.7 Å². The van der Waals surface area contributed by atoms with Crippen molar-refractivity contribution in [2.45, 2.75) is 270 Å². The first-order chi connectivity index (χ1) is 40.7. The van der Waals surface area contributed by atoms with E-state index in [2.05, 4.69) is 20.8 Å². The van der Waals surface area contributed by atoms with Crippen molar-refractivity contribution < 1.29 is 139 Å². The molecule has 28 nitrogen and oxygen atoms in total. The highest BCUT2D eigenvalue weighted by atomic mass is 16.8. The largest absolute Gasteiger partial charge is 0.394 e. The molecule has 10 fully saturated rings. The van der Waals surface area contributed by atoms with Gasteiger partial charge >= 0.3 is 0 Å². The first-order valence-corrected chi connectivity index (χ1v) is 31.1. The van der Waals surface area contributed by atoms with Crippen LogP contribution >= 0.6 is 0 Å². The van der Waals surface area contributed by atoms with Gasteiger partial charge < -0.3 is 139 Å². The predicted octanol–water partition coefficient (Wildman–Crippen LogP) is -4.45. The molecule has 0 bridgehead atoms. The first kappa shape index (κ1) is 67.8. The van der Waals surface area contributed by atoms with Crippen molar-refractivity contribution in [1.82, 2.24) is 0 Å². The van der Waals surface area contributed by atoms with Crippen molar-refractivity contribution in [3.05, 3.63) is 0 Å². The summed E-state index contributed by atoms with van der Waals surface area (Å²) in [6, 6.07) is 0. The Morgan fingerprint density at radius 2 is 1.01 bits per heavy atom. The van der Waals surface area contributed by atoms with Gasteiger partial charge in [0.1, 0.15) is 116 Å². The third-order valence-corrected chi connectivity index (χ3v) is 22.5. The number of aliphatic hydroxyl groups is 16. The molecule has 10 rings (SSSR count). The lowest BCUT2D eigenvalue weighted by atomic mass is 9.44. The molecule has 0 aromatic rings. The second-order valence-corrected chi connectivity index (χ2v) is 27.3. The van der Waals surface area contributed by atoms with Crippen molar-refractivity contribution in [1.29, 1.82) is 0 Å². The maximum absolute atomic E-state index is 11.7. The van der Waals surface area contributed by atoms with Crippen LogP contribution in [-0.2, 0) is 56.8 Å². The maximum atomic E-state index is 11.7. The number of ether oxygens (including phenoxy) is 12. The zero-order chi connectivity index (χ0) is 62.2. The molecule has 0 spiro atoms. The average Bonchev–Trinajstić information content (AvgIpc) is 1.50. The van der Waals surface area contributed by atoms with E-state index in [0.717, 1.165) is 38.5 Å². The van der Waals surface area contributed by atoms with E-state index in [1.165, 1.54) is 6.92 Å². The van der Waals surface area contributed by atoms with E-state index < -0.39 is 186 Å². The summed E-state index contributed by atoms with van der Waals surface area (Å²) in [4.78, 5) is 0. The fourth-order valence-electron chi connectivity index (χ4n) is 17.3. The Kier molecular flexibility index (Phi) is 21.3. The van der Waals surface area contributed by atoms with Crippen molar-refractivity contribution in [3.63, 3.8) is 0 Å². The number of hydrogen-bond acceptors (Lipinski definition) is 28. The summed E-state index contributed by atoms with van der Waals surface area (Å²) in [5, 5.41) is 171. The maximum Gasteiger partial charge on any atom is 0.187 e. The van der Waals surface area contributed by atoms with E-state index in [-0.39, 0.29) is 47.4 Å². The van der Waals surface area contributed by atoms with Gasteiger partial charge in [0.05, 0.1) is 51.3 Å². The van der Waals surface area contributed by atoms with Gasteiger partial charge in [0, 0.05) is 19.4 Å². The van der Waals surface area contributed by atoms with Crippen molar-refractivity contribution >= 4 is 0 Å². The Morgan fingerprint density at radius 1 is 0.500 bits per heavy atom. The summed E-state index contributed by atoms with van der Waals surface area (Å²) in [5.74, 6) is 1.29. The number of fused-ring (bicyclic) bond motifs is 7. The van der Waals surface area contributed by atoms with Crippen LogP contribution in [0.5, 0.6) is 0 Å². The minimum Gasteiger partial charge on any atom is -0.394 e. The molecule has 498 valence electrons. The summed E-state index contributed by atoms with van der Waals surface area (Å²) in [7, 11) is 1.71. The van der Waals surface area contributed by atoms with E-state index in [9.17, 15) is 81.7 Å². The Balaban J connectivity index is 0.740. The van der Waals surface area contributed by atoms with Gasteiger partial charge in [-0.05, 0) is 111 Å². The number of hydrogen-bond donors (Lipinski definition) is 16. The van der Waals surface area contributed by atoms with Gasteiger partial charge in [0.25, 0.3) is 0 Å². The lowest BCUT2D eigenvalue weighted by Crippen LogP contribution is -2.67. The molecular weight excluding hydrogens is 1140 g/mol. The van der Waals surface area contributed by atoms with Gasteiger partial charge in [0.15, 0.2) is 37.2 Å². The van der Waals surface area contributed by atoms with Gasteiger partial charge in [-0.3, -0.25) is 0 Å². The number of rotatable bonds is 19. The molecule has 6 heterocycles. The lowest BCUT2D eigenvalue weighted by Gasteiger charge is -2.61. The molecule has 0 amide bonds. The van der Waals surface area contributed by atoms with Crippen molar-refractivity contribution in [2.75, 3.05) is 40.1 Å². The Labute approximate surface area is 500 Å². The van der Waals surface area contributed by atoms with Crippen LogP contribution in [0.4, 0.5) is 0 Å². The monoisotopic (exact) mass is 1240 g/mol. The minimum absolute atomic E-state index is 0.00487. The van der Waals surface area contributed by atoms with Crippen LogP contribution in [0.2, 0.25) is 0 Å². The standard InChI is InChI=1S/C58H98O28/c1-22(20-76-52-45(71)40(66)37(63)31(17-59)80-52)9-14-58(75-6)23(2)35-30(86-58)16-29-27-8-7-25-15-26(10-12-56(25,4)28(27)11-13-57(29,35)5)79-53-47(73)42(68)49(33(19-61)82-53)84-55-48(74)43(69)50(85-54-46(72)41(67)38(64)32(18-60)81-54)34(83-55)21-77-51-44(70)39(65)36(62)24(3)78-51/h22-55,59-74H,7-21H2,1-6H3. The van der Waals surface area contributed by atoms with E-state index in [0.29, 0.717) is 49.4 Å². The van der Waals surface area contributed by atoms with E-state index in [1.807, 2.05) is 6.92 Å². The third-order valence-electron chi connectivity index (χ3n) is 22.5. The fourth-order valence-corrected chi connectivity index (χ4v) is 17.3. The average molecular weight is 1240 g/mol. The summed E-state index contributed by atoms with van der Waals surface area (Å²) in [6.45, 7) is 7.97.